The smallest absolute Gasteiger partial charge is 0.310 e. The second-order valence-corrected chi connectivity index (χ2v) is 4.42. The third-order valence-corrected chi connectivity index (χ3v) is 3.56. The zero-order chi connectivity index (χ0) is 9.64. The van der Waals surface area contributed by atoms with Gasteiger partial charge in [-0.05, 0) is 19.3 Å². The monoisotopic (exact) mass is 179 g/mol. The Morgan fingerprint density at radius 2 is 2.38 bits per heavy atom. The Morgan fingerprint density at radius 1 is 1.69 bits per heavy atom. The van der Waals surface area contributed by atoms with Crippen LogP contribution in [0.3, 0.4) is 0 Å². The Hall–Kier alpha value is -1.04. The maximum absolute atomic E-state index is 11.4. The van der Waals surface area contributed by atoms with E-state index in [9.17, 15) is 4.79 Å². The molecule has 2 fully saturated rings. The van der Waals surface area contributed by atoms with Crippen LogP contribution in [0.1, 0.15) is 26.7 Å². The minimum absolute atomic E-state index is 0.127. The number of hydrogen-bond donors (Lipinski definition) is 0. The number of hydrogen-bond acceptors (Lipinski definition) is 3. The molecule has 2 rings (SSSR count). The van der Waals surface area contributed by atoms with Gasteiger partial charge in [-0.25, -0.2) is 0 Å². The summed E-state index contributed by atoms with van der Waals surface area (Å²) >= 11 is 0. The van der Waals surface area contributed by atoms with Gasteiger partial charge < -0.3 is 4.74 Å². The summed E-state index contributed by atoms with van der Waals surface area (Å²) in [5, 5.41) is 8.87. The summed E-state index contributed by atoms with van der Waals surface area (Å²) in [6.07, 6.45) is 1.52. The van der Waals surface area contributed by atoms with Gasteiger partial charge in [-0.2, -0.15) is 5.26 Å². The second-order valence-electron chi connectivity index (χ2n) is 4.42. The SMILES string of the molecule is CC1CC(C#N)C2CC1(C)OC2=O. The molecule has 2 bridgehead atoms. The first kappa shape index (κ1) is 8.55. The van der Waals surface area contributed by atoms with Crippen molar-refractivity contribution in [3.8, 4) is 6.07 Å². The topological polar surface area (TPSA) is 50.1 Å². The average Bonchev–Trinajstić information content (AvgIpc) is 2.34. The van der Waals surface area contributed by atoms with Crippen molar-refractivity contribution < 1.29 is 9.53 Å². The predicted octanol–water partition coefficient (Wildman–Crippen LogP) is 1.49. The summed E-state index contributed by atoms with van der Waals surface area (Å²) in [5.74, 6) is -0.150. The van der Waals surface area contributed by atoms with Crippen molar-refractivity contribution >= 4 is 5.97 Å². The molecule has 13 heavy (non-hydrogen) atoms. The van der Waals surface area contributed by atoms with E-state index >= 15 is 0 Å². The predicted molar refractivity (Wildman–Crippen MR) is 45.5 cm³/mol. The van der Waals surface area contributed by atoms with Crippen molar-refractivity contribution in [2.75, 3.05) is 0 Å². The lowest BCUT2D eigenvalue weighted by Crippen LogP contribution is -2.37. The van der Waals surface area contributed by atoms with Crippen LogP contribution in [-0.4, -0.2) is 11.6 Å². The number of carbonyl (C=O) groups is 1. The zero-order valence-electron chi connectivity index (χ0n) is 7.91. The van der Waals surface area contributed by atoms with E-state index in [1.54, 1.807) is 0 Å². The molecule has 3 nitrogen and oxygen atoms in total. The van der Waals surface area contributed by atoms with Gasteiger partial charge in [0, 0.05) is 6.42 Å². The molecule has 1 heterocycles. The highest BCUT2D eigenvalue weighted by atomic mass is 16.6. The normalized spacial score (nSPS) is 48.4. The molecule has 0 spiro atoms. The van der Waals surface area contributed by atoms with E-state index in [1.165, 1.54) is 0 Å². The van der Waals surface area contributed by atoms with Crippen LogP contribution in [-0.2, 0) is 9.53 Å². The van der Waals surface area contributed by atoms with Crippen LogP contribution in [0.15, 0.2) is 0 Å². The third-order valence-electron chi connectivity index (χ3n) is 3.56. The third kappa shape index (κ3) is 1.05. The Morgan fingerprint density at radius 3 is 3.00 bits per heavy atom. The molecule has 1 aliphatic carbocycles. The number of fused-ring (bicyclic) bond motifs is 2. The fraction of sp³-hybridized carbons (Fsp3) is 0.800. The Balaban J connectivity index is 2.31. The maximum atomic E-state index is 11.4. The molecule has 0 N–H and O–H groups in total. The van der Waals surface area contributed by atoms with E-state index in [2.05, 4.69) is 13.0 Å². The highest BCUT2D eigenvalue weighted by Gasteiger charge is 2.54. The molecular weight excluding hydrogens is 166 g/mol. The lowest BCUT2D eigenvalue weighted by molar-refractivity contribution is -0.150. The van der Waals surface area contributed by atoms with Gasteiger partial charge in [0.2, 0.25) is 0 Å². The molecule has 0 aromatic heterocycles. The van der Waals surface area contributed by atoms with Gasteiger partial charge in [0.15, 0.2) is 0 Å². The van der Waals surface area contributed by atoms with Crippen molar-refractivity contribution in [1.29, 1.82) is 5.26 Å². The maximum Gasteiger partial charge on any atom is 0.310 e. The molecule has 70 valence electrons. The van der Waals surface area contributed by atoms with E-state index in [0.29, 0.717) is 5.92 Å². The number of nitrogens with zero attached hydrogens (tertiary/aromatic N) is 1. The van der Waals surface area contributed by atoms with E-state index in [4.69, 9.17) is 10.00 Å². The van der Waals surface area contributed by atoms with E-state index in [0.717, 1.165) is 12.8 Å². The van der Waals surface area contributed by atoms with E-state index in [1.807, 2.05) is 6.92 Å². The first-order chi connectivity index (χ1) is 6.07. The lowest BCUT2D eigenvalue weighted by atomic mass is 9.70. The lowest BCUT2D eigenvalue weighted by Gasteiger charge is -2.34. The highest BCUT2D eigenvalue weighted by molar-refractivity contribution is 5.76. The quantitative estimate of drug-likeness (QED) is 0.529. The van der Waals surface area contributed by atoms with Gasteiger partial charge in [-0.1, -0.05) is 6.92 Å². The summed E-state index contributed by atoms with van der Waals surface area (Å²) < 4.78 is 5.33. The van der Waals surface area contributed by atoms with Crippen LogP contribution in [0.5, 0.6) is 0 Å². The first-order valence-electron chi connectivity index (χ1n) is 4.69. The average molecular weight is 179 g/mol. The minimum atomic E-state index is -0.297. The van der Waals surface area contributed by atoms with Crippen LogP contribution in [0.25, 0.3) is 0 Å². The van der Waals surface area contributed by atoms with E-state index < -0.39 is 0 Å². The number of esters is 1. The first-order valence-corrected chi connectivity index (χ1v) is 4.69. The van der Waals surface area contributed by atoms with Crippen LogP contribution in [0.2, 0.25) is 0 Å². The number of nitriles is 1. The Bertz CT molecular complexity index is 294. The van der Waals surface area contributed by atoms with Crippen LogP contribution < -0.4 is 0 Å². The number of carbonyl (C=O) groups excluding carboxylic acids is 1. The minimum Gasteiger partial charge on any atom is -0.459 e. The van der Waals surface area contributed by atoms with Gasteiger partial charge in [0.1, 0.15) is 5.60 Å². The van der Waals surface area contributed by atoms with Gasteiger partial charge >= 0.3 is 5.97 Å². The molecule has 2 aliphatic rings. The molecule has 1 aliphatic heterocycles. The van der Waals surface area contributed by atoms with Gasteiger partial charge in [0.25, 0.3) is 0 Å². The molecule has 1 saturated carbocycles. The molecule has 4 unspecified atom stereocenters. The van der Waals surface area contributed by atoms with Crippen LogP contribution in [0.4, 0.5) is 0 Å². The molecule has 0 aromatic rings. The van der Waals surface area contributed by atoms with Crippen molar-refractivity contribution in [2.45, 2.75) is 32.3 Å². The van der Waals surface area contributed by atoms with Crippen molar-refractivity contribution in [3.05, 3.63) is 0 Å². The van der Waals surface area contributed by atoms with Crippen molar-refractivity contribution in [1.82, 2.24) is 0 Å². The molecule has 3 heteroatoms. The van der Waals surface area contributed by atoms with Crippen LogP contribution in [0, 0.1) is 29.1 Å². The van der Waals surface area contributed by atoms with Crippen molar-refractivity contribution in [3.63, 3.8) is 0 Å². The summed E-state index contributed by atoms with van der Waals surface area (Å²) in [7, 11) is 0. The molecular formula is C10H13NO2. The molecule has 0 radical (unpaired) electrons. The van der Waals surface area contributed by atoms with Crippen LogP contribution >= 0.6 is 0 Å². The molecule has 1 saturated heterocycles. The zero-order valence-corrected chi connectivity index (χ0v) is 7.91. The van der Waals surface area contributed by atoms with E-state index in [-0.39, 0.29) is 23.4 Å². The van der Waals surface area contributed by atoms with Gasteiger partial charge in [-0.15, -0.1) is 0 Å². The standard InChI is InChI=1S/C10H13NO2/c1-6-3-7(5-11)8-4-10(6,2)13-9(8)12/h6-8H,3-4H2,1-2H3. The molecule has 4 atom stereocenters. The summed E-state index contributed by atoms with van der Waals surface area (Å²) in [4.78, 5) is 11.4. The van der Waals surface area contributed by atoms with Crippen molar-refractivity contribution in [2.24, 2.45) is 17.8 Å². The Kier molecular flexibility index (Phi) is 1.63. The number of ether oxygens (including phenoxy) is 1. The fourth-order valence-electron chi connectivity index (χ4n) is 2.41. The summed E-state index contributed by atoms with van der Waals surface area (Å²) in [5.41, 5.74) is -0.297. The molecule has 0 amide bonds. The summed E-state index contributed by atoms with van der Waals surface area (Å²) in [6.45, 7) is 4.03. The molecule has 0 aromatic carbocycles. The summed E-state index contributed by atoms with van der Waals surface area (Å²) in [6, 6.07) is 2.21. The second kappa shape index (κ2) is 2.47. The largest absolute Gasteiger partial charge is 0.459 e. The fourth-order valence-corrected chi connectivity index (χ4v) is 2.41. The Labute approximate surface area is 77.7 Å². The van der Waals surface area contributed by atoms with Gasteiger partial charge in [-0.3, -0.25) is 4.79 Å². The highest BCUT2D eigenvalue weighted by Crippen LogP contribution is 2.48. The number of rotatable bonds is 0. The van der Waals surface area contributed by atoms with Gasteiger partial charge in [0.05, 0.1) is 17.9 Å².